The average Bonchev–Trinajstić information content (AvgIpc) is 2.22. The van der Waals surface area contributed by atoms with Crippen LogP contribution in [-0.4, -0.2) is 18.2 Å². The van der Waals surface area contributed by atoms with Crippen molar-refractivity contribution >= 4 is 5.97 Å². The minimum Gasteiger partial charge on any atom is -0.458 e. The minimum atomic E-state index is -4.73. The first-order chi connectivity index (χ1) is 8.11. The van der Waals surface area contributed by atoms with Gasteiger partial charge in [-0.2, -0.15) is 13.2 Å². The van der Waals surface area contributed by atoms with E-state index < -0.39 is 23.8 Å². The molecular weight excluding hydrogens is 245 g/mol. The monoisotopic (exact) mass is 266 g/mol. The largest absolute Gasteiger partial charge is 0.458 e. The molecule has 0 heterocycles. The van der Waals surface area contributed by atoms with E-state index in [4.69, 9.17) is 4.74 Å². The summed E-state index contributed by atoms with van der Waals surface area (Å²) in [5, 5.41) is 0. The lowest BCUT2D eigenvalue weighted by molar-refractivity contribution is -0.160. The van der Waals surface area contributed by atoms with E-state index in [1.165, 1.54) is 0 Å². The SMILES string of the molecule is C=C(C(=O)OC(C(C)C)C(C)CCC)C(F)(F)F. The number of rotatable bonds is 6. The van der Waals surface area contributed by atoms with E-state index in [2.05, 4.69) is 6.58 Å². The molecular formula is C13H21F3O2. The Bertz CT molecular complexity index is 295. The molecule has 0 aliphatic carbocycles. The molecule has 2 atom stereocenters. The fourth-order valence-corrected chi connectivity index (χ4v) is 1.84. The number of halogens is 3. The molecule has 2 nitrogen and oxygen atoms in total. The molecule has 0 rings (SSSR count). The van der Waals surface area contributed by atoms with E-state index in [1.807, 2.05) is 27.7 Å². The van der Waals surface area contributed by atoms with Crippen LogP contribution in [0.5, 0.6) is 0 Å². The topological polar surface area (TPSA) is 26.3 Å². The molecule has 0 amide bonds. The van der Waals surface area contributed by atoms with Crippen molar-refractivity contribution in [2.75, 3.05) is 0 Å². The van der Waals surface area contributed by atoms with Crippen molar-refractivity contribution in [1.82, 2.24) is 0 Å². The van der Waals surface area contributed by atoms with Crippen molar-refractivity contribution in [3.8, 4) is 0 Å². The van der Waals surface area contributed by atoms with Crippen molar-refractivity contribution in [2.45, 2.75) is 52.8 Å². The summed E-state index contributed by atoms with van der Waals surface area (Å²) in [4.78, 5) is 11.4. The lowest BCUT2D eigenvalue weighted by atomic mass is 9.91. The molecule has 0 aromatic heterocycles. The van der Waals surface area contributed by atoms with Crippen LogP contribution in [-0.2, 0) is 9.53 Å². The molecule has 106 valence electrons. The zero-order chi connectivity index (χ0) is 14.5. The normalized spacial score (nSPS) is 15.3. The van der Waals surface area contributed by atoms with E-state index >= 15 is 0 Å². The fraction of sp³-hybridized carbons (Fsp3) is 0.769. The molecule has 5 heteroatoms. The van der Waals surface area contributed by atoms with Gasteiger partial charge < -0.3 is 4.74 Å². The molecule has 0 aromatic carbocycles. The van der Waals surface area contributed by atoms with E-state index in [-0.39, 0.29) is 11.8 Å². The van der Waals surface area contributed by atoms with E-state index in [1.54, 1.807) is 0 Å². The van der Waals surface area contributed by atoms with E-state index in [0.717, 1.165) is 12.8 Å². The minimum absolute atomic E-state index is 0.0278. The predicted molar refractivity (Wildman–Crippen MR) is 64.0 cm³/mol. The second-order valence-corrected chi connectivity index (χ2v) is 4.86. The van der Waals surface area contributed by atoms with Crippen molar-refractivity contribution < 1.29 is 22.7 Å². The smallest absolute Gasteiger partial charge is 0.422 e. The number of ether oxygens (including phenoxy) is 1. The summed E-state index contributed by atoms with van der Waals surface area (Å²) in [6.07, 6.45) is -3.56. The number of hydrogen-bond acceptors (Lipinski definition) is 2. The average molecular weight is 266 g/mol. The van der Waals surface area contributed by atoms with E-state index in [0.29, 0.717) is 0 Å². The molecule has 18 heavy (non-hydrogen) atoms. The summed E-state index contributed by atoms with van der Waals surface area (Å²) in [6, 6.07) is 0. The van der Waals surface area contributed by atoms with Crippen LogP contribution in [0.2, 0.25) is 0 Å². The third-order valence-electron chi connectivity index (χ3n) is 2.79. The molecule has 0 aliphatic heterocycles. The van der Waals surface area contributed by atoms with Gasteiger partial charge in [-0.15, -0.1) is 0 Å². The first-order valence-electron chi connectivity index (χ1n) is 6.08. The maximum absolute atomic E-state index is 12.3. The molecule has 0 N–H and O–H groups in total. The Morgan fingerprint density at radius 1 is 1.28 bits per heavy atom. The summed E-state index contributed by atoms with van der Waals surface area (Å²) in [5.41, 5.74) is -1.45. The third kappa shape index (κ3) is 5.10. The third-order valence-corrected chi connectivity index (χ3v) is 2.79. The van der Waals surface area contributed by atoms with Crippen LogP contribution in [0.3, 0.4) is 0 Å². The van der Waals surface area contributed by atoms with Gasteiger partial charge in [0.25, 0.3) is 0 Å². The standard InChI is InChI=1S/C13H21F3O2/c1-6-7-9(4)11(8(2)3)18-12(17)10(5)13(14,15)16/h8-9,11H,5-7H2,1-4H3. The van der Waals surface area contributed by atoms with Crippen molar-refractivity contribution in [1.29, 1.82) is 0 Å². The number of carbonyl (C=O) groups is 1. The highest BCUT2D eigenvalue weighted by Crippen LogP contribution is 2.28. The van der Waals surface area contributed by atoms with Gasteiger partial charge in [0.15, 0.2) is 0 Å². The van der Waals surface area contributed by atoms with Crippen molar-refractivity contribution in [2.24, 2.45) is 11.8 Å². The van der Waals surface area contributed by atoms with E-state index in [9.17, 15) is 18.0 Å². The first kappa shape index (κ1) is 17.0. The van der Waals surface area contributed by atoms with Crippen LogP contribution >= 0.6 is 0 Å². The number of alkyl halides is 3. The van der Waals surface area contributed by atoms with Crippen molar-refractivity contribution in [3.63, 3.8) is 0 Å². The Hall–Kier alpha value is -1.00. The van der Waals surface area contributed by atoms with Gasteiger partial charge in [-0.1, -0.05) is 40.7 Å². The quantitative estimate of drug-likeness (QED) is 0.534. The fourth-order valence-electron chi connectivity index (χ4n) is 1.84. The Balaban J connectivity index is 4.70. The maximum atomic E-state index is 12.3. The highest BCUT2D eigenvalue weighted by molar-refractivity contribution is 5.89. The molecule has 0 aromatic rings. The molecule has 0 spiro atoms. The number of esters is 1. The van der Waals surface area contributed by atoms with Crippen LogP contribution in [0.15, 0.2) is 12.2 Å². The van der Waals surface area contributed by atoms with Gasteiger partial charge >= 0.3 is 12.1 Å². The highest BCUT2D eigenvalue weighted by atomic mass is 19.4. The van der Waals surface area contributed by atoms with Gasteiger partial charge in [-0.25, -0.2) is 4.79 Å². The molecule has 0 aliphatic rings. The van der Waals surface area contributed by atoms with Gasteiger partial charge in [-0.05, 0) is 18.3 Å². The van der Waals surface area contributed by atoms with Gasteiger partial charge in [0.05, 0.1) is 0 Å². The van der Waals surface area contributed by atoms with Gasteiger partial charge in [0, 0.05) is 0 Å². The van der Waals surface area contributed by atoms with Crippen LogP contribution in [0.25, 0.3) is 0 Å². The first-order valence-corrected chi connectivity index (χ1v) is 6.08. The van der Waals surface area contributed by atoms with Gasteiger partial charge in [0.1, 0.15) is 11.7 Å². The summed E-state index contributed by atoms with van der Waals surface area (Å²) >= 11 is 0. The molecule has 0 saturated heterocycles. The second kappa shape index (κ2) is 6.81. The summed E-state index contributed by atoms with van der Waals surface area (Å²) in [5.74, 6) is -1.37. The number of hydrogen-bond donors (Lipinski definition) is 0. The van der Waals surface area contributed by atoms with Crippen LogP contribution < -0.4 is 0 Å². The molecule has 0 fully saturated rings. The lowest BCUT2D eigenvalue weighted by Crippen LogP contribution is -2.33. The summed E-state index contributed by atoms with van der Waals surface area (Å²) in [6.45, 7) is 10.2. The molecule has 0 radical (unpaired) electrons. The van der Waals surface area contributed by atoms with Crippen molar-refractivity contribution in [3.05, 3.63) is 12.2 Å². The molecule has 0 bridgehead atoms. The second-order valence-electron chi connectivity index (χ2n) is 4.86. The number of carbonyl (C=O) groups excluding carboxylic acids is 1. The zero-order valence-corrected chi connectivity index (χ0v) is 11.3. The summed E-state index contributed by atoms with van der Waals surface area (Å²) < 4.78 is 41.9. The van der Waals surface area contributed by atoms with Crippen LogP contribution in [0.4, 0.5) is 13.2 Å². The molecule has 2 unspecified atom stereocenters. The van der Waals surface area contributed by atoms with Gasteiger partial charge in [0.2, 0.25) is 0 Å². The Labute approximate surface area is 106 Å². The zero-order valence-electron chi connectivity index (χ0n) is 11.3. The summed E-state index contributed by atoms with van der Waals surface area (Å²) in [7, 11) is 0. The predicted octanol–water partition coefficient (Wildman–Crippen LogP) is 4.11. The van der Waals surface area contributed by atoms with Crippen LogP contribution in [0, 0.1) is 11.8 Å². The molecule has 0 saturated carbocycles. The Morgan fingerprint density at radius 2 is 1.78 bits per heavy atom. The van der Waals surface area contributed by atoms with Crippen LogP contribution in [0.1, 0.15) is 40.5 Å². The Kier molecular flexibility index (Phi) is 6.43. The Morgan fingerprint density at radius 3 is 2.11 bits per heavy atom. The lowest BCUT2D eigenvalue weighted by Gasteiger charge is -2.27. The van der Waals surface area contributed by atoms with Gasteiger partial charge in [-0.3, -0.25) is 0 Å². The highest BCUT2D eigenvalue weighted by Gasteiger charge is 2.39. The maximum Gasteiger partial charge on any atom is 0.422 e.